The van der Waals surface area contributed by atoms with E-state index in [9.17, 15) is 14.0 Å². The van der Waals surface area contributed by atoms with Crippen LogP contribution in [0.15, 0.2) is 60.7 Å². The van der Waals surface area contributed by atoms with Gasteiger partial charge in [0.2, 0.25) is 0 Å². The largest absolute Gasteiger partial charge is 0.452 e. The summed E-state index contributed by atoms with van der Waals surface area (Å²) in [5.41, 5.74) is 1.42. The van der Waals surface area contributed by atoms with E-state index in [2.05, 4.69) is 4.90 Å². The lowest BCUT2D eigenvalue weighted by Gasteiger charge is -2.36. The molecule has 1 amide bonds. The molecule has 1 saturated heterocycles. The van der Waals surface area contributed by atoms with Crippen LogP contribution < -0.4 is 4.90 Å². The SMILES string of the molecule is O=C(/C=C/c1ccccc1F)OCC(=O)N1CCN(c2ccccc2)CC1. The Labute approximate surface area is 157 Å². The van der Waals surface area contributed by atoms with E-state index in [4.69, 9.17) is 4.74 Å². The first-order valence-corrected chi connectivity index (χ1v) is 8.80. The normalized spacial score (nSPS) is 14.4. The van der Waals surface area contributed by atoms with Gasteiger partial charge in [0, 0.05) is 43.5 Å². The van der Waals surface area contributed by atoms with Crippen molar-refractivity contribution in [3.63, 3.8) is 0 Å². The van der Waals surface area contributed by atoms with Gasteiger partial charge in [-0.15, -0.1) is 0 Å². The Morgan fingerprint density at radius 1 is 0.963 bits per heavy atom. The van der Waals surface area contributed by atoms with E-state index in [1.54, 1.807) is 23.1 Å². The molecule has 0 atom stereocenters. The lowest BCUT2D eigenvalue weighted by Crippen LogP contribution is -2.49. The molecule has 3 rings (SSSR count). The van der Waals surface area contributed by atoms with Crippen molar-refractivity contribution in [2.75, 3.05) is 37.7 Å². The monoisotopic (exact) mass is 368 g/mol. The molecule has 0 aliphatic carbocycles. The number of amides is 1. The van der Waals surface area contributed by atoms with Crippen LogP contribution in [0.3, 0.4) is 0 Å². The molecule has 1 aliphatic heterocycles. The molecular formula is C21H21FN2O3. The topological polar surface area (TPSA) is 49.9 Å². The maximum absolute atomic E-state index is 13.5. The van der Waals surface area contributed by atoms with E-state index in [1.165, 1.54) is 12.1 Å². The first-order valence-electron chi connectivity index (χ1n) is 8.80. The second-order valence-corrected chi connectivity index (χ2v) is 6.17. The standard InChI is InChI=1S/C21H21FN2O3/c22-19-9-5-4-6-17(19)10-11-21(26)27-16-20(25)24-14-12-23(13-15-24)18-7-2-1-3-8-18/h1-11H,12-16H2/b11-10+. The summed E-state index contributed by atoms with van der Waals surface area (Å²) in [6, 6.07) is 16.1. The van der Waals surface area contributed by atoms with E-state index in [-0.39, 0.29) is 18.1 Å². The number of nitrogens with zero attached hydrogens (tertiary/aromatic N) is 2. The molecule has 140 valence electrons. The van der Waals surface area contributed by atoms with Gasteiger partial charge < -0.3 is 14.5 Å². The van der Waals surface area contributed by atoms with Gasteiger partial charge in [0.05, 0.1) is 0 Å². The fourth-order valence-corrected chi connectivity index (χ4v) is 2.89. The number of hydrogen-bond donors (Lipinski definition) is 0. The van der Waals surface area contributed by atoms with Crippen molar-refractivity contribution < 1.29 is 18.7 Å². The molecule has 1 heterocycles. The van der Waals surface area contributed by atoms with E-state index in [1.807, 2.05) is 30.3 Å². The summed E-state index contributed by atoms with van der Waals surface area (Å²) in [5.74, 6) is -1.32. The number of ether oxygens (including phenoxy) is 1. The van der Waals surface area contributed by atoms with Crippen LogP contribution in [-0.4, -0.2) is 49.6 Å². The second-order valence-electron chi connectivity index (χ2n) is 6.17. The van der Waals surface area contributed by atoms with Gasteiger partial charge in [-0.05, 0) is 24.3 Å². The Balaban J connectivity index is 1.43. The number of carbonyl (C=O) groups excluding carboxylic acids is 2. The fourth-order valence-electron chi connectivity index (χ4n) is 2.89. The van der Waals surface area contributed by atoms with Crippen LogP contribution >= 0.6 is 0 Å². The zero-order chi connectivity index (χ0) is 19.1. The predicted octanol–water partition coefficient (Wildman–Crippen LogP) is 2.73. The summed E-state index contributed by atoms with van der Waals surface area (Å²) >= 11 is 0. The van der Waals surface area contributed by atoms with Crippen LogP contribution in [0, 0.1) is 5.82 Å². The van der Waals surface area contributed by atoms with Crippen LogP contribution in [0.5, 0.6) is 0 Å². The predicted molar refractivity (Wildman–Crippen MR) is 102 cm³/mol. The number of para-hydroxylation sites is 1. The molecule has 2 aromatic rings. The minimum atomic E-state index is -0.672. The molecule has 27 heavy (non-hydrogen) atoms. The molecule has 0 aromatic heterocycles. The van der Waals surface area contributed by atoms with Crippen molar-refractivity contribution in [1.82, 2.24) is 4.90 Å². The molecule has 0 radical (unpaired) electrons. The van der Waals surface area contributed by atoms with Gasteiger partial charge in [-0.3, -0.25) is 4.79 Å². The molecule has 6 heteroatoms. The zero-order valence-electron chi connectivity index (χ0n) is 14.9. The molecule has 0 bridgehead atoms. The van der Waals surface area contributed by atoms with Gasteiger partial charge in [-0.2, -0.15) is 0 Å². The maximum Gasteiger partial charge on any atom is 0.331 e. The van der Waals surface area contributed by atoms with E-state index < -0.39 is 11.8 Å². The molecular weight excluding hydrogens is 347 g/mol. The van der Waals surface area contributed by atoms with Gasteiger partial charge in [0.15, 0.2) is 6.61 Å². The van der Waals surface area contributed by atoms with Crippen molar-refractivity contribution in [3.8, 4) is 0 Å². The summed E-state index contributed by atoms with van der Waals surface area (Å²) in [7, 11) is 0. The Kier molecular flexibility index (Phi) is 6.20. The van der Waals surface area contributed by atoms with Crippen molar-refractivity contribution in [3.05, 3.63) is 72.1 Å². The van der Waals surface area contributed by atoms with Crippen LogP contribution in [0.2, 0.25) is 0 Å². The quantitative estimate of drug-likeness (QED) is 0.602. The van der Waals surface area contributed by atoms with Crippen molar-refractivity contribution in [2.24, 2.45) is 0 Å². The first kappa shape index (κ1) is 18.6. The Hall–Kier alpha value is -3.15. The molecule has 1 aliphatic rings. The summed E-state index contributed by atoms with van der Waals surface area (Å²) in [6.07, 6.45) is 2.46. The summed E-state index contributed by atoms with van der Waals surface area (Å²) in [6.45, 7) is 2.31. The lowest BCUT2D eigenvalue weighted by atomic mass is 10.2. The van der Waals surface area contributed by atoms with Gasteiger partial charge in [0.25, 0.3) is 5.91 Å². The Bertz CT molecular complexity index is 815. The number of benzene rings is 2. The number of anilines is 1. The summed E-state index contributed by atoms with van der Waals surface area (Å²) in [4.78, 5) is 27.9. The Morgan fingerprint density at radius 2 is 1.63 bits per heavy atom. The van der Waals surface area contributed by atoms with E-state index >= 15 is 0 Å². The number of carbonyl (C=O) groups is 2. The number of piperazine rings is 1. The molecule has 2 aromatic carbocycles. The maximum atomic E-state index is 13.5. The number of rotatable bonds is 5. The van der Waals surface area contributed by atoms with Crippen molar-refractivity contribution in [2.45, 2.75) is 0 Å². The van der Waals surface area contributed by atoms with Crippen molar-refractivity contribution in [1.29, 1.82) is 0 Å². The van der Waals surface area contributed by atoms with E-state index in [0.717, 1.165) is 24.9 Å². The average Bonchev–Trinajstić information content (AvgIpc) is 2.72. The summed E-state index contributed by atoms with van der Waals surface area (Å²) in [5, 5.41) is 0. The smallest absolute Gasteiger partial charge is 0.331 e. The van der Waals surface area contributed by atoms with Crippen LogP contribution in [0.25, 0.3) is 6.08 Å². The average molecular weight is 368 g/mol. The number of hydrogen-bond acceptors (Lipinski definition) is 4. The number of halogens is 1. The van der Waals surface area contributed by atoms with Gasteiger partial charge in [0.1, 0.15) is 5.82 Å². The zero-order valence-corrected chi connectivity index (χ0v) is 14.9. The molecule has 0 saturated carbocycles. The Morgan fingerprint density at radius 3 is 2.33 bits per heavy atom. The third kappa shape index (κ3) is 5.17. The third-order valence-corrected chi connectivity index (χ3v) is 4.40. The third-order valence-electron chi connectivity index (χ3n) is 4.40. The van der Waals surface area contributed by atoms with Crippen LogP contribution in [0.1, 0.15) is 5.56 Å². The van der Waals surface area contributed by atoms with Crippen molar-refractivity contribution >= 4 is 23.6 Å². The van der Waals surface area contributed by atoms with Gasteiger partial charge >= 0.3 is 5.97 Å². The van der Waals surface area contributed by atoms with Gasteiger partial charge in [-0.25, -0.2) is 9.18 Å². The number of esters is 1. The van der Waals surface area contributed by atoms with E-state index in [0.29, 0.717) is 13.1 Å². The van der Waals surface area contributed by atoms with Gasteiger partial charge in [-0.1, -0.05) is 36.4 Å². The molecule has 0 spiro atoms. The highest BCUT2D eigenvalue weighted by Crippen LogP contribution is 2.15. The minimum absolute atomic E-state index is 0.227. The van der Waals surface area contributed by atoms with Crippen LogP contribution in [0.4, 0.5) is 10.1 Å². The molecule has 1 fully saturated rings. The fraction of sp³-hybridized carbons (Fsp3) is 0.238. The minimum Gasteiger partial charge on any atom is -0.452 e. The first-order chi connectivity index (χ1) is 13.1. The highest BCUT2D eigenvalue weighted by atomic mass is 19.1. The highest BCUT2D eigenvalue weighted by Gasteiger charge is 2.21. The van der Waals surface area contributed by atoms with Crippen LogP contribution in [-0.2, 0) is 14.3 Å². The molecule has 0 unspecified atom stereocenters. The highest BCUT2D eigenvalue weighted by molar-refractivity contribution is 5.89. The molecule has 5 nitrogen and oxygen atoms in total. The summed E-state index contributed by atoms with van der Waals surface area (Å²) < 4.78 is 18.5. The molecule has 0 N–H and O–H groups in total. The second kappa shape index (κ2) is 8.98. The lowest BCUT2D eigenvalue weighted by molar-refractivity contribution is -0.148.